The summed E-state index contributed by atoms with van der Waals surface area (Å²) < 4.78 is 28.1. The molecule has 5 nitrogen and oxygen atoms in total. The van der Waals surface area contributed by atoms with Crippen molar-refractivity contribution in [3.8, 4) is 0 Å². The zero-order valence-electron chi connectivity index (χ0n) is 14.1. The molecule has 7 heteroatoms. The van der Waals surface area contributed by atoms with Gasteiger partial charge in [0, 0.05) is 25.2 Å². The molecule has 1 saturated carbocycles. The Balaban J connectivity index is 1.91. The number of nitrogens with zero attached hydrogens (tertiary/aromatic N) is 1. The van der Waals surface area contributed by atoms with Gasteiger partial charge in [-0.2, -0.15) is 15.6 Å². The molecule has 0 aliphatic heterocycles. The number of amides is 1. The number of sulfonamides is 1. The second kappa shape index (κ2) is 7.68. The van der Waals surface area contributed by atoms with Gasteiger partial charge >= 0.3 is 0 Å². The molecular weight excluding hydrogens is 356 g/mol. The first kappa shape index (κ1) is 18.1. The number of carbonyl (C=O) groups is 1. The van der Waals surface area contributed by atoms with Crippen LogP contribution in [0.4, 0.5) is 0 Å². The first-order valence-corrected chi connectivity index (χ1v) is 10.8. The normalized spacial score (nSPS) is 15.6. The van der Waals surface area contributed by atoms with Crippen LogP contribution in [0, 0.1) is 0 Å². The first-order valence-electron chi connectivity index (χ1n) is 8.37. The summed E-state index contributed by atoms with van der Waals surface area (Å²) >= 11 is 1.57. The molecule has 1 fully saturated rings. The molecule has 1 heterocycles. The molecule has 0 atom stereocenters. The highest BCUT2D eigenvalue weighted by molar-refractivity contribution is 7.89. The first-order chi connectivity index (χ1) is 12.0. The quantitative estimate of drug-likeness (QED) is 0.839. The van der Waals surface area contributed by atoms with E-state index < -0.39 is 10.0 Å². The fraction of sp³-hybridized carbons (Fsp3) is 0.389. The summed E-state index contributed by atoms with van der Waals surface area (Å²) in [6, 6.07) is 8.18. The zero-order chi connectivity index (χ0) is 17.9. The zero-order valence-corrected chi connectivity index (χ0v) is 15.8. The van der Waals surface area contributed by atoms with Crippen LogP contribution < -0.4 is 5.32 Å². The Kier molecular flexibility index (Phi) is 5.56. The van der Waals surface area contributed by atoms with Gasteiger partial charge in [0.2, 0.25) is 10.0 Å². The highest BCUT2D eigenvalue weighted by Crippen LogP contribution is 2.30. The van der Waals surface area contributed by atoms with Crippen LogP contribution in [0.25, 0.3) is 0 Å². The Bertz CT molecular complexity index is 809. The Hall–Kier alpha value is -1.70. The van der Waals surface area contributed by atoms with E-state index in [0.717, 1.165) is 31.2 Å². The molecule has 1 amide bonds. The summed E-state index contributed by atoms with van der Waals surface area (Å²) in [7, 11) is -2.05. The van der Waals surface area contributed by atoms with E-state index in [1.165, 1.54) is 12.1 Å². The molecule has 134 valence electrons. The highest BCUT2D eigenvalue weighted by Gasteiger charge is 2.33. The predicted octanol–water partition coefficient (Wildman–Crippen LogP) is 3.24. The van der Waals surface area contributed by atoms with Gasteiger partial charge in [0.1, 0.15) is 0 Å². The molecular formula is C18H22N2O3S2. The van der Waals surface area contributed by atoms with Crippen LogP contribution in [0.2, 0.25) is 0 Å². The minimum absolute atomic E-state index is 0.0449. The van der Waals surface area contributed by atoms with Gasteiger partial charge in [-0.1, -0.05) is 12.8 Å². The lowest BCUT2D eigenvalue weighted by Crippen LogP contribution is -2.38. The lowest BCUT2D eigenvalue weighted by Gasteiger charge is -2.28. The largest absolute Gasteiger partial charge is 0.355 e. The van der Waals surface area contributed by atoms with Crippen molar-refractivity contribution in [3.05, 3.63) is 52.2 Å². The van der Waals surface area contributed by atoms with Gasteiger partial charge in [0.25, 0.3) is 5.91 Å². The van der Waals surface area contributed by atoms with Gasteiger partial charge in [-0.15, -0.1) is 0 Å². The molecule has 0 saturated heterocycles. The van der Waals surface area contributed by atoms with Gasteiger partial charge in [0.05, 0.1) is 4.90 Å². The number of rotatable bonds is 6. The minimum atomic E-state index is -3.60. The molecule has 3 rings (SSSR count). The van der Waals surface area contributed by atoms with Crippen molar-refractivity contribution >= 4 is 27.3 Å². The fourth-order valence-electron chi connectivity index (χ4n) is 3.22. The molecule has 1 aromatic heterocycles. The van der Waals surface area contributed by atoms with Crippen molar-refractivity contribution in [2.75, 3.05) is 7.05 Å². The molecule has 0 spiro atoms. The summed E-state index contributed by atoms with van der Waals surface area (Å²) in [6.45, 7) is 0.397. The Morgan fingerprint density at radius 2 is 1.88 bits per heavy atom. The Morgan fingerprint density at radius 3 is 2.44 bits per heavy atom. The van der Waals surface area contributed by atoms with Gasteiger partial charge in [-0.05, 0) is 59.5 Å². The van der Waals surface area contributed by atoms with Gasteiger partial charge in [0.15, 0.2) is 0 Å². The van der Waals surface area contributed by atoms with Gasteiger partial charge < -0.3 is 5.32 Å². The van der Waals surface area contributed by atoms with Crippen LogP contribution >= 0.6 is 11.3 Å². The number of thiophene rings is 1. The summed E-state index contributed by atoms with van der Waals surface area (Å²) in [6.07, 6.45) is 3.94. The van der Waals surface area contributed by atoms with Crippen LogP contribution in [-0.4, -0.2) is 31.7 Å². The number of carbonyl (C=O) groups excluding carboxylic acids is 1. The monoisotopic (exact) mass is 378 g/mol. The Labute approximate surface area is 152 Å². The van der Waals surface area contributed by atoms with Gasteiger partial charge in [-0.25, -0.2) is 8.42 Å². The predicted molar refractivity (Wildman–Crippen MR) is 99.1 cm³/mol. The third-order valence-electron chi connectivity index (χ3n) is 4.60. The number of benzene rings is 1. The SMILES string of the molecule is CNC(=O)c1ccc(S(=O)(=O)N(Cc2ccsc2)C2CCCC2)cc1. The summed E-state index contributed by atoms with van der Waals surface area (Å²) in [5.41, 5.74) is 1.47. The maximum Gasteiger partial charge on any atom is 0.251 e. The average Bonchev–Trinajstić information content (AvgIpc) is 3.32. The average molecular weight is 379 g/mol. The fourth-order valence-corrected chi connectivity index (χ4v) is 5.56. The summed E-state index contributed by atoms with van der Waals surface area (Å²) in [5, 5.41) is 6.50. The van der Waals surface area contributed by atoms with Crippen LogP contribution in [-0.2, 0) is 16.6 Å². The van der Waals surface area contributed by atoms with Crippen molar-refractivity contribution in [2.45, 2.75) is 43.2 Å². The molecule has 1 aliphatic rings. The van der Waals surface area contributed by atoms with Gasteiger partial charge in [-0.3, -0.25) is 4.79 Å². The highest BCUT2D eigenvalue weighted by atomic mass is 32.2. The standard InChI is InChI=1S/C18H22N2O3S2/c1-19-18(21)15-6-8-17(9-7-15)25(22,23)20(16-4-2-3-5-16)12-14-10-11-24-13-14/h6-11,13,16H,2-5,12H2,1H3,(H,19,21). The second-order valence-electron chi connectivity index (χ2n) is 6.22. The van der Waals surface area contributed by atoms with Crippen molar-refractivity contribution in [2.24, 2.45) is 0 Å². The van der Waals surface area contributed by atoms with Crippen molar-refractivity contribution in [1.82, 2.24) is 9.62 Å². The second-order valence-corrected chi connectivity index (χ2v) is 8.89. The van der Waals surface area contributed by atoms with Crippen molar-refractivity contribution < 1.29 is 13.2 Å². The smallest absolute Gasteiger partial charge is 0.251 e. The van der Waals surface area contributed by atoms with Crippen LogP contribution in [0.5, 0.6) is 0 Å². The van der Waals surface area contributed by atoms with E-state index in [1.807, 2.05) is 16.8 Å². The van der Waals surface area contributed by atoms with Crippen LogP contribution in [0.3, 0.4) is 0 Å². The molecule has 25 heavy (non-hydrogen) atoms. The third-order valence-corrected chi connectivity index (χ3v) is 7.25. The molecule has 1 N–H and O–H groups in total. The topological polar surface area (TPSA) is 66.5 Å². The molecule has 0 radical (unpaired) electrons. The number of nitrogens with one attached hydrogen (secondary N) is 1. The Morgan fingerprint density at radius 1 is 1.20 bits per heavy atom. The minimum Gasteiger partial charge on any atom is -0.355 e. The maximum absolute atomic E-state index is 13.2. The molecule has 0 unspecified atom stereocenters. The van der Waals surface area contributed by atoms with Crippen LogP contribution in [0.1, 0.15) is 41.6 Å². The van der Waals surface area contributed by atoms with E-state index in [2.05, 4.69) is 5.32 Å². The van der Waals surface area contributed by atoms with E-state index in [4.69, 9.17) is 0 Å². The summed E-state index contributed by atoms with van der Waals surface area (Å²) in [5.74, 6) is -0.227. The summed E-state index contributed by atoms with van der Waals surface area (Å²) in [4.78, 5) is 11.9. The molecule has 0 bridgehead atoms. The van der Waals surface area contributed by atoms with E-state index in [1.54, 1.807) is 34.8 Å². The van der Waals surface area contributed by atoms with E-state index in [9.17, 15) is 13.2 Å². The molecule has 1 aromatic carbocycles. The molecule has 1 aliphatic carbocycles. The third kappa shape index (κ3) is 3.94. The van der Waals surface area contributed by atoms with E-state index in [-0.39, 0.29) is 16.8 Å². The molecule has 2 aromatic rings. The van der Waals surface area contributed by atoms with Crippen LogP contribution in [0.15, 0.2) is 46.0 Å². The number of hydrogen-bond acceptors (Lipinski definition) is 4. The van der Waals surface area contributed by atoms with Crippen molar-refractivity contribution in [1.29, 1.82) is 0 Å². The van der Waals surface area contributed by atoms with Crippen molar-refractivity contribution in [3.63, 3.8) is 0 Å². The lowest BCUT2D eigenvalue weighted by molar-refractivity contribution is 0.0963. The maximum atomic E-state index is 13.2. The van der Waals surface area contributed by atoms with E-state index >= 15 is 0 Å². The van der Waals surface area contributed by atoms with E-state index in [0.29, 0.717) is 12.1 Å². The lowest BCUT2D eigenvalue weighted by atomic mass is 10.2. The number of hydrogen-bond donors (Lipinski definition) is 1.